The smallest absolute Gasteiger partial charge is 0.339 e. The summed E-state index contributed by atoms with van der Waals surface area (Å²) >= 11 is 0. The van der Waals surface area contributed by atoms with Gasteiger partial charge < -0.3 is 20.1 Å². The summed E-state index contributed by atoms with van der Waals surface area (Å²) in [5, 5.41) is 32.7. The largest absolute Gasteiger partial charge is 0.507 e. The number of aromatic carboxylic acids is 1. The van der Waals surface area contributed by atoms with Crippen LogP contribution in [0.3, 0.4) is 0 Å². The molecule has 6 atom stereocenters. The zero-order valence-electron chi connectivity index (χ0n) is 28.7. The molecule has 0 bridgehead atoms. The number of imide groups is 2. The van der Waals surface area contributed by atoms with Gasteiger partial charge in [-0.05, 0) is 61.6 Å². The van der Waals surface area contributed by atoms with Gasteiger partial charge in [0.2, 0.25) is 11.8 Å². The van der Waals surface area contributed by atoms with Crippen LogP contribution in [-0.4, -0.2) is 57.0 Å². The van der Waals surface area contributed by atoms with Crippen molar-refractivity contribution in [2.45, 2.75) is 31.1 Å². The van der Waals surface area contributed by atoms with Crippen molar-refractivity contribution in [2.75, 3.05) is 17.4 Å². The number of carboxylic acid groups (broad SMARTS) is 1. The zero-order valence-corrected chi connectivity index (χ0v) is 28.7. The van der Waals surface area contributed by atoms with Crippen molar-refractivity contribution < 1.29 is 44.0 Å². The van der Waals surface area contributed by atoms with Crippen LogP contribution in [0.1, 0.15) is 45.8 Å². The Balaban J connectivity index is 1.31. The van der Waals surface area contributed by atoms with Crippen LogP contribution in [0, 0.1) is 30.6 Å². The fourth-order valence-electron chi connectivity index (χ4n) is 9.12. The topological polar surface area (TPSA) is 174 Å². The van der Waals surface area contributed by atoms with Gasteiger partial charge in [0.25, 0.3) is 11.8 Å². The van der Waals surface area contributed by atoms with Gasteiger partial charge in [-0.1, -0.05) is 71.8 Å². The second-order valence-corrected chi connectivity index (χ2v) is 14.0. The van der Waals surface area contributed by atoms with Crippen molar-refractivity contribution in [3.05, 3.63) is 125 Å². The molecule has 2 aliphatic carbocycles. The molecule has 1 saturated carbocycles. The van der Waals surface area contributed by atoms with Crippen molar-refractivity contribution in [1.29, 1.82) is 0 Å². The lowest BCUT2D eigenvalue weighted by molar-refractivity contribution is -0.138. The molecule has 4 N–H and O–H groups in total. The molecule has 12 nitrogen and oxygen atoms in total. The minimum absolute atomic E-state index is 0.0236. The molecule has 2 saturated heterocycles. The number of nitrogens with one attached hydrogen (secondary N) is 1. The maximum atomic E-state index is 15.3. The van der Waals surface area contributed by atoms with Gasteiger partial charge in [0.1, 0.15) is 11.3 Å². The first-order valence-corrected chi connectivity index (χ1v) is 17.3. The number of benzene rings is 4. The Bertz CT molecular complexity index is 2250. The summed E-state index contributed by atoms with van der Waals surface area (Å²) in [5.74, 6) is -8.65. The quantitative estimate of drug-likeness (QED) is 0.145. The third kappa shape index (κ3) is 4.85. The third-order valence-electron chi connectivity index (χ3n) is 11.4. The van der Waals surface area contributed by atoms with Crippen LogP contribution in [0.4, 0.5) is 11.4 Å². The number of amides is 4. The Morgan fingerprint density at radius 1 is 0.868 bits per heavy atom. The van der Waals surface area contributed by atoms with Crippen LogP contribution in [0.5, 0.6) is 17.2 Å². The van der Waals surface area contributed by atoms with E-state index < -0.39 is 70.4 Å². The highest BCUT2D eigenvalue weighted by Gasteiger charge is 2.70. The summed E-state index contributed by atoms with van der Waals surface area (Å²) in [5.41, 5.74) is 4.13. The Morgan fingerprint density at radius 2 is 1.60 bits per heavy atom. The highest BCUT2D eigenvalue weighted by atomic mass is 16.5. The number of allylic oxidation sites excluding steroid dienone is 2. The van der Waals surface area contributed by atoms with E-state index in [4.69, 9.17) is 4.74 Å². The number of carbonyl (C=O) groups excluding carboxylic acids is 4. The minimum Gasteiger partial charge on any atom is -0.507 e. The first kappa shape index (κ1) is 33.7. The molecule has 4 aromatic rings. The number of carbonyl (C=O) groups is 5. The zero-order chi connectivity index (χ0) is 37.3. The van der Waals surface area contributed by atoms with E-state index in [-0.39, 0.29) is 35.6 Å². The van der Waals surface area contributed by atoms with E-state index in [1.165, 1.54) is 13.2 Å². The number of phenolic OH excluding ortho intramolecular Hbond substituents is 1. The SMILES string of the molecule is COc1cccc(C2C3=CCC4C(=O)N(c5ccc(C(=O)O)c(O)c5)C(=O)C4C3CC3C(=O)N(Nc4ccc(C)cc4)C(=O)C32c2ccccc2)c1O. The number of para-hydroxylation sites is 1. The van der Waals surface area contributed by atoms with E-state index in [2.05, 4.69) is 5.43 Å². The van der Waals surface area contributed by atoms with Gasteiger partial charge in [0.05, 0.1) is 41.7 Å². The number of hydrazine groups is 1. The van der Waals surface area contributed by atoms with Crippen LogP contribution in [0.25, 0.3) is 0 Å². The van der Waals surface area contributed by atoms with E-state index >= 15 is 4.79 Å². The van der Waals surface area contributed by atoms with Crippen LogP contribution in [0.2, 0.25) is 0 Å². The van der Waals surface area contributed by atoms with E-state index in [9.17, 15) is 34.5 Å². The number of aromatic hydroxyl groups is 2. The Labute approximate surface area is 303 Å². The van der Waals surface area contributed by atoms with Crippen molar-refractivity contribution in [1.82, 2.24) is 5.01 Å². The van der Waals surface area contributed by atoms with Gasteiger partial charge in [-0.25, -0.2) is 9.69 Å². The summed E-state index contributed by atoms with van der Waals surface area (Å²) in [7, 11) is 1.42. The molecule has 4 aliphatic rings. The standard InChI is InChI=1S/C41H35N3O9/c1-21-11-13-23(14-12-21)42-44-37(48)30-20-29-25(17-18-27-33(29)38(49)43(36(27)47)24-15-16-26(39(50)51)31(45)19-24)34(28-9-6-10-32(53-2)35(28)46)41(30,40(44)52)22-7-4-3-5-8-22/h3-17,19,27,29-30,33-34,42,45-46H,18,20H2,1-2H3,(H,50,51). The van der Waals surface area contributed by atoms with Gasteiger partial charge in [0.15, 0.2) is 11.5 Å². The van der Waals surface area contributed by atoms with Crippen molar-refractivity contribution in [2.24, 2.45) is 23.7 Å². The van der Waals surface area contributed by atoms with E-state index in [0.717, 1.165) is 27.6 Å². The number of aryl methyl sites for hydroxylation is 1. The number of hydrogen-bond acceptors (Lipinski definition) is 9. The van der Waals surface area contributed by atoms with E-state index in [1.54, 1.807) is 54.6 Å². The highest BCUT2D eigenvalue weighted by Crippen LogP contribution is 2.65. The average Bonchev–Trinajstić information content (AvgIpc) is 3.53. The number of fused-ring (bicyclic) bond motifs is 4. The van der Waals surface area contributed by atoms with Gasteiger partial charge >= 0.3 is 5.97 Å². The molecule has 3 fully saturated rings. The maximum absolute atomic E-state index is 15.3. The number of nitrogens with zero attached hydrogens (tertiary/aromatic N) is 2. The Hall–Kier alpha value is -6.43. The molecule has 12 heteroatoms. The van der Waals surface area contributed by atoms with Crippen molar-refractivity contribution in [3.63, 3.8) is 0 Å². The first-order valence-electron chi connectivity index (χ1n) is 17.3. The molecule has 268 valence electrons. The number of carboxylic acids is 1. The molecular weight excluding hydrogens is 678 g/mol. The molecule has 53 heavy (non-hydrogen) atoms. The third-order valence-corrected chi connectivity index (χ3v) is 11.4. The van der Waals surface area contributed by atoms with Crippen molar-refractivity contribution in [3.8, 4) is 17.2 Å². The molecule has 6 unspecified atom stereocenters. The number of methoxy groups -OCH3 is 1. The van der Waals surface area contributed by atoms with Crippen molar-refractivity contribution >= 4 is 41.0 Å². The molecule has 0 spiro atoms. The summed E-state index contributed by atoms with van der Waals surface area (Å²) in [6.07, 6.45) is 2.03. The fourth-order valence-corrected chi connectivity index (χ4v) is 9.12. The monoisotopic (exact) mass is 713 g/mol. The first-order chi connectivity index (χ1) is 25.5. The normalized spacial score (nSPS) is 26.2. The molecular formula is C41H35N3O9. The average molecular weight is 714 g/mol. The number of phenols is 2. The Kier molecular flexibility index (Phi) is 7.86. The molecule has 8 rings (SSSR count). The summed E-state index contributed by atoms with van der Waals surface area (Å²) < 4.78 is 5.51. The predicted octanol–water partition coefficient (Wildman–Crippen LogP) is 5.30. The van der Waals surface area contributed by atoms with Gasteiger partial charge in [-0.2, -0.15) is 5.01 Å². The van der Waals surface area contributed by atoms with Gasteiger partial charge in [0, 0.05) is 17.5 Å². The summed E-state index contributed by atoms with van der Waals surface area (Å²) in [6.45, 7) is 1.92. The van der Waals surface area contributed by atoms with Gasteiger partial charge in [-0.3, -0.25) is 24.6 Å². The van der Waals surface area contributed by atoms with E-state index in [0.29, 0.717) is 22.4 Å². The lowest BCUT2D eigenvalue weighted by Crippen LogP contribution is -2.53. The lowest BCUT2D eigenvalue weighted by atomic mass is 9.49. The molecule has 0 radical (unpaired) electrons. The minimum atomic E-state index is -1.58. The molecule has 4 amide bonds. The van der Waals surface area contributed by atoms with E-state index in [1.807, 2.05) is 31.2 Å². The van der Waals surface area contributed by atoms with Crippen LogP contribution in [0.15, 0.2) is 103 Å². The second-order valence-electron chi connectivity index (χ2n) is 14.0. The second kappa shape index (κ2) is 12.4. The van der Waals surface area contributed by atoms with Gasteiger partial charge in [-0.15, -0.1) is 0 Å². The summed E-state index contributed by atoms with van der Waals surface area (Å²) in [4.78, 5) is 71.1. The number of ether oxygens (including phenoxy) is 1. The molecule has 4 aromatic carbocycles. The summed E-state index contributed by atoms with van der Waals surface area (Å²) in [6, 6.07) is 24.7. The fraction of sp³-hybridized carbons (Fsp3) is 0.244. The van der Waals surface area contributed by atoms with Crippen LogP contribution < -0.4 is 15.1 Å². The molecule has 2 heterocycles. The predicted molar refractivity (Wildman–Crippen MR) is 191 cm³/mol. The number of rotatable bonds is 7. The lowest BCUT2D eigenvalue weighted by Gasteiger charge is -2.50. The number of hydrogen-bond donors (Lipinski definition) is 4. The maximum Gasteiger partial charge on any atom is 0.339 e. The number of anilines is 2. The Morgan fingerprint density at radius 3 is 2.28 bits per heavy atom. The molecule has 2 aliphatic heterocycles. The molecule has 0 aromatic heterocycles. The van der Waals surface area contributed by atoms with Crippen LogP contribution >= 0.6 is 0 Å². The van der Waals surface area contributed by atoms with Crippen LogP contribution in [-0.2, 0) is 24.6 Å². The highest BCUT2D eigenvalue weighted by molar-refractivity contribution is 6.23.